The van der Waals surface area contributed by atoms with E-state index in [-0.39, 0.29) is 11.6 Å². The number of rotatable bonds is 6. The molecule has 0 saturated carbocycles. The monoisotopic (exact) mass is 244 g/mol. The largest absolute Gasteiger partial charge is 0.382 e. The summed E-state index contributed by atoms with van der Waals surface area (Å²) in [5.74, 6) is 0. The molecule has 0 aromatic rings. The lowest BCUT2D eigenvalue weighted by molar-refractivity contribution is -0.0175. The molecule has 0 amide bonds. The lowest BCUT2D eigenvalue weighted by Crippen LogP contribution is -2.62. The van der Waals surface area contributed by atoms with Crippen molar-refractivity contribution < 1.29 is 9.47 Å². The number of nitrogens with one attached hydrogen (secondary N) is 1. The van der Waals surface area contributed by atoms with E-state index in [1.54, 1.807) is 14.2 Å². The lowest BCUT2D eigenvalue weighted by Gasteiger charge is -2.45. The van der Waals surface area contributed by atoms with Gasteiger partial charge in [-0.2, -0.15) is 0 Å². The number of ether oxygens (including phenoxy) is 2. The van der Waals surface area contributed by atoms with Crippen LogP contribution in [0.15, 0.2) is 0 Å². The van der Waals surface area contributed by atoms with Crippen LogP contribution in [-0.4, -0.2) is 63.0 Å². The zero-order valence-corrected chi connectivity index (χ0v) is 12.0. The van der Waals surface area contributed by atoms with Crippen LogP contribution in [0.5, 0.6) is 0 Å². The molecular formula is C13H28N2O2. The Balaban J connectivity index is 2.56. The van der Waals surface area contributed by atoms with Gasteiger partial charge in [0.05, 0.1) is 12.7 Å². The van der Waals surface area contributed by atoms with Gasteiger partial charge in [-0.3, -0.25) is 4.90 Å². The highest BCUT2D eigenvalue weighted by Crippen LogP contribution is 2.17. The van der Waals surface area contributed by atoms with E-state index in [1.807, 2.05) is 0 Å². The van der Waals surface area contributed by atoms with Crippen LogP contribution >= 0.6 is 0 Å². The molecule has 2 atom stereocenters. The van der Waals surface area contributed by atoms with E-state index in [4.69, 9.17) is 9.47 Å². The maximum Gasteiger partial charge on any atom is 0.0931 e. The van der Waals surface area contributed by atoms with Crippen LogP contribution in [0, 0.1) is 0 Å². The van der Waals surface area contributed by atoms with E-state index >= 15 is 0 Å². The fourth-order valence-electron chi connectivity index (χ4n) is 2.47. The average molecular weight is 244 g/mol. The minimum Gasteiger partial charge on any atom is -0.382 e. The lowest BCUT2D eigenvalue weighted by atomic mass is 9.97. The second kappa shape index (κ2) is 6.69. The Hall–Kier alpha value is -0.160. The highest BCUT2D eigenvalue weighted by Gasteiger charge is 2.32. The van der Waals surface area contributed by atoms with E-state index in [0.29, 0.717) is 12.6 Å². The number of nitrogens with zero attached hydrogens (tertiary/aromatic N) is 1. The third kappa shape index (κ3) is 4.54. The summed E-state index contributed by atoms with van der Waals surface area (Å²) < 4.78 is 10.7. The second-order valence-electron chi connectivity index (χ2n) is 5.57. The highest BCUT2D eigenvalue weighted by molar-refractivity contribution is 4.92. The summed E-state index contributed by atoms with van der Waals surface area (Å²) in [4.78, 5) is 2.53. The molecule has 0 radical (unpaired) electrons. The first-order valence-electron chi connectivity index (χ1n) is 6.53. The molecule has 1 fully saturated rings. The summed E-state index contributed by atoms with van der Waals surface area (Å²) >= 11 is 0. The Morgan fingerprint density at radius 1 is 1.41 bits per heavy atom. The molecule has 0 aromatic heterocycles. The van der Waals surface area contributed by atoms with Crippen molar-refractivity contribution in [2.75, 3.05) is 40.5 Å². The van der Waals surface area contributed by atoms with Gasteiger partial charge < -0.3 is 14.8 Å². The van der Waals surface area contributed by atoms with Crippen molar-refractivity contribution in [1.29, 1.82) is 0 Å². The topological polar surface area (TPSA) is 33.7 Å². The van der Waals surface area contributed by atoms with E-state index < -0.39 is 0 Å². The summed E-state index contributed by atoms with van der Waals surface area (Å²) in [6.07, 6.45) is 1.34. The van der Waals surface area contributed by atoms with Gasteiger partial charge in [0.1, 0.15) is 0 Å². The predicted molar refractivity (Wildman–Crippen MR) is 70.4 cm³/mol. The summed E-state index contributed by atoms with van der Waals surface area (Å²) in [5.41, 5.74) is 0.192. The van der Waals surface area contributed by atoms with Crippen LogP contribution in [0.25, 0.3) is 0 Å². The van der Waals surface area contributed by atoms with Gasteiger partial charge in [0.2, 0.25) is 0 Å². The van der Waals surface area contributed by atoms with Crippen molar-refractivity contribution in [1.82, 2.24) is 10.2 Å². The van der Waals surface area contributed by atoms with Crippen LogP contribution in [0.2, 0.25) is 0 Å². The SMILES string of the molecule is CCC1CNC(C)(C)CN1CC(COC)OC. The maximum atomic E-state index is 5.47. The molecule has 1 saturated heterocycles. The number of hydrogen-bond acceptors (Lipinski definition) is 4. The third-order valence-electron chi connectivity index (χ3n) is 3.53. The molecule has 1 aliphatic heterocycles. The van der Waals surface area contributed by atoms with Crippen molar-refractivity contribution in [2.45, 2.75) is 44.9 Å². The van der Waals surface area contributed by atoms with Gasteiger partial charge in [-0.1, -0.05) is 6.92 Å². The van der Waals surface area contributed by atoms with Crippen LogP contribution in [0.1, 0.15) is 27.2 Å². The van der Waals surface area contributed by atoms with Crippen molar-refractivity contribution in [3.05, 3.63) is 0 Å². The van der Waals surface area contributed by atoms with Gasteiger partial charge in [-0.15, -0.1) is 0 Å². The highest BCUT2D eigenvalue weighted by atomic mass is 16.5. The molecule has 2 unspecified atom stereocenters. The molecule has 0 bridgehead atoms. The number of piperazine rings is 1. The van der Waals surface area contributed by atoms with E-state index in [1.165, 1.54) is 6.42 Å². The molecule has 4 nitrogen and oxygen atoms in total. The Labute approximate surface area is 106 Å². The first-order chi connectivity index (χ1) is 8.02. The van der Waals surface area contributed by atoms with E-state index in [0.717, 1.165) is 19.6 Å². The maximum absolute atomic E-state index is 5.47. The zero-order valence-electron chi connectivity index (χ0n) is 12.0. The molecule has 102 valence electrons. The average Bonchev–Trinajstić information content (AvgIpc) is 2.27. The van der Waals surface area contributed by atoms with Crippen molar-refractivity contribution >= 4 is 0 Å². The Bertz CT molecular complexity index is 221. The van der Waals surface area contributed by atoms with Gasteiger partial charge in [0, 0.05) is 45.4 Å². The molecule has 1 aliphatic rings. The van der Waals surface area contributed by atoms with Gasteiger partial charge >= 0.3 is 0 Å². The van der Waals surface area contributed by atoms with Gasteiger partial charge in [-0.05, 0) is 20.3 Å². The van der Waals surface area contributed by atoms with Crippen molar-refractivity contribution in [2.24, 2.45) is 0 Å². The predicted octanol–water partition coefficient (Wildman–Crippen LogP) is 1.11. The van der Waals surface area contributed by atoms with Crippen LogP contribution < -0.4 is 5.32 Å². The first kappa shape index (κ1) is 14.9. The van der Waals surface area contributed by atoms with Gasteiger partial charge in [0.15, 0.2) is 0 Å². The fraction of sp³-hybridized carbons (Fsp3) is 1.00. The number of methoxy groups -OCH3 is 2. The molecule has 1 N–H and O–H groups in total. The van der Waals surface area contributed by atoms with Crippen LogP contribution in [0.3, 0.4) is 0 Å². The first-order valence-corrected chi connectivity index (χ1v) is 6.53. The molecule has 1 heterocycles. The van der Waals surface area contributed by atoms with Gasteiger partial charge in [-0.25, -0.2) is 0 Å². The number of hydrogen-bond donors (Lipinski definition) is 1. The van der Waals surface area contributed by atoms with Crippen LogP contribution in [-0.2, 0) is 9.47 Å². The molecule has 17 heavy (non-hydrogen) atoms. The second-order valence-corrected chi connectivity index (χ2v) is 5.57. The van der Waals surface area contributed by atoms with Crippen molar-refractivity contribution in [3.8, 4) is 0 Å². The standard InChI is InChI=1S/C13H28N2O2/c1-6-11-7-14-13(2,3)10-15(11)8-12(17-5)9-16-4/h11-12,14H,6-10H2,1-5H3. The summed E-state index contributed by atoms with van der Waals surface area (Å²) in [5, 5.41) is 3.60. The zero-order chi connectivity index (χ0) is 12.9. The molecule has 0 aliphatic carbocycles. The fourth-order valence-corrected chi connectivity index (χ4v) is 2.47. The molecule has 4 heteroatoms. The van der Waals surface area contributed by atoms with Crippen LogP contribution in [0.4, 0.5) is 0 Å². The van der Waals surface area contributed by atoms with E-state index in [2.05, 4.69) is 31.0 Å². The normalized spacial score (nSPS) is 27.0. The minimum absolute atomic E-state index is 0.169. The molecule has 0 aromatic carbocycles. The van der Waals surface area contributed by atoms with Crippen molar-refractivity contribution in [3.63, 3.8) is 0 Å². The van der Waals surface area contributed by atoms with E-state index in [9.17, 15) is 0 Å². The quantitative estimate of drug-likeness (QED) is 0.759. The third-order valence-corrected chi connectivity index (χ3v) is 3.53. The minimum atomic E-state index is 0.169. The molecule has 0 spiro atoms. The van der Waals surface area contributed by atoms with Gasteiger partial charge in [0.25, 0.3) is 0 Å². The summed E-state index contributed by atoms with van der Waals surface area (Å²) in [6, 6.07) is 0.609. The molecular weight excluding hydrogens is 216 g/mol. The Kier molecular flexibility index (Phi) is 5.86. The Morgan fingerprint density at radius 2 is 2.12 bits per heavy atom. The molecule has 1 rings (SSSR count). The smallest absolute Gasteiger partial charge is 0.0931 e. The Morgan fingerprint density at radius 3 is 2.65 bits per heavy atom. The summed E-state index contributed by atoms with van der Waals surface area (Å²) in [6.45, 7) is 10.5. The summed E-state index contributed by atoms with van der Waals surface area (Å²) in [7, 11) is 3.49.